The molecule has 0 aliphatic heterocycles. The van der Waals surface area contributed by atoms with Crippen LogP contribution in [0.3, 0.4) is 0 Å². The lowest BCUT2D eigenvalue weighted by Crippen LogP contribution is -2.24. The van der Waals surface area contributed by atoms with E-state index >= 15 is 0 Å². The molecule has 1 heterocycles. The lowest BCUT2D eigenvalue weighted by Gasteiger charge is -2.04. The van der Waals surface area contributed by atoms with E-state index < -0.39 is 11.6 Å². The van der Waals surface area contributed by atoms with Crippen LogP contribution < -0.4 is 5.32 Å². The molecule has 0 atom stereocenters. The van der Waals surface area contributed by atoms with Gasteiger partial charge < -0.3 is 5.32 Å². The highest BCUT2D eigenvalue weighted by Gasteiger charge is 2.08. The number of hydrogen-bond donors (Lipinski definition) is 1. The standard InChI is InChI=1S/C13H10BrF2NOS/c14-12-2-1-11(19-12)13(18)17-4-3-8-5-9(15)7-10(16)6-8/h1-2,5-7H,3-4H2,(H,17,18). The van der Waals surface area contributed by atoms with Crippen molar-refractivity contribution in [1.29, 1.82) is 0 Å². The van der Waals surface area contributed by atoms with E-state index in [0.717, 1.165) is 9.85 Å². The first kappa shape index (κ1) is 14.1. The fourth-order valence-electron chi connectivity index (χ4n) is 1.60. The topological polar surface area (TPSA) is 29.1 Å². The van der Waals surface area contributed by atoms with E-state index in [2.05, 4.69) is 21.2 Å². The van der Waals surface area contributed by atoms with Crippen LogP contribution in [0.5, 0.6) is 0 Å². The number of nitrogens with one attached hydrogen (secondary N) is 1. The number of rotatable bonds is 4. The Morgan fingerprint density at radius 1 is 1.21 bits per heavy atom. The Labute approximate surface area is 121 Å². The van der Waals surface area contributed by atoms with Gasteiger partial charge in [-0.05, 0) is 52.2 Å². The molecule has 100 valence electrons. The molecule has 1 amide bonds. The third-order valence-electron chi connectivity index (χ3n) is 2.42. The number of benzene rings is 1. The van der Waals surface area contributed by atoms with Gasteiger partial charge in [-0.3, -0.25) is 4.79 Å². The SMILES string of the molecule is O=C(NCCc1cc(F)cc(F)c1)c1ccc(Br)s1. The molecule has 0 bridgehead atoms. The lowest BCUT2D eigenvalue weighted by atomic mass is 10.1. The van der Waals surface area contributed by atoms with Crippen molar-refractivity contribution in [3.8, 4) is 0 Å². The minimum Gasteiger partial charge on any atom is -0.351 e. The van der Waals surface area contributed by atoms with Gasteiger partial charge in [0.1, 0.15) is 11.6 Å². The molecule has 0 saturated heterocycles. The van der Waals surface area contributed by atoms with E-state index in [0.29, 0.717) is 23.4 Å². The van der Waals surface area contributed by atoms with Crippen molar-refractivity contribution in [1.82, 2.24) is 5.32 Å². The molecule has 2 nitrogen and oxygen atoms in total. The third-order valence-corrected chi connectivity index (χ3v) is 4.04. The van der Waals surface area contributed by atoms with Crippen LogP contribution in [0, 0.1) is 11.6 Å². The van der Waals surface area contributed by atoms with E-state index in [1.807, 2.05) is 0 Å². The van der Waals surface area contributed by atoms with Crippen LogP contribution in [0.25, 0.3) is 0 Å². The average Bonchev–Trinajstić information content (AvgIpc) is 2.74. The summed E-state index contributed by atoms with van der Waals surface area (Å²) in [6.45, 7) is 0.331. The molecular formula is C13H10BrF2NOS. The molecule has 6 heteroatoms. The average molecular weight is 346 g/mol. The maximum Gasteiger partial charge on any atom is 0.261 e. The maximum absolute atomic E-state index is 13.0. The predicted molar refractivity (Wildman–Crippen MR) is 74.4 cm³/mol. The highest BCUT2D eigenvalue weighted by molar-refractivity contribution is 9.11. The molecule has 1 aromatic carbocycles. The molecule has 0 unspecified atom stereocenters. The monoisotopic (exact) mass is 345 g/mol. The molecule has 0 spiro atoms. The molecular weight excluding hydrogens is 336 g/mol. The summed E-state index contributed by atoms with van der Waals surface area (Å²) in [6, 6.07) is 6.85. The van der Waals surface area contributed by atoms with E-state index in [1.54, 1.807) is 12.1 Å². The molecule has 19 heavy (non-hydrogen) atoms. The summed E-state index contributed by atoms with van der Waals surface area (Å²) < 4.78 is 26.8. The van der Waals surface area contributed by atoms with Crippen LogP contribution in [0.4, 0.5) is 8.78 Å². The molecule has 2 aromatic rings. The van der Waals surface area contributed by atoms with Gasteiger partial charge in [-0.15, -0.1) is 11.3 Å². The van der Waals surface area contributed by atoms with Crippen LogP contribution in [0.15, 0.2) is 34.1 Å². The van der Waals surface area contributed by atoms with Crippen molar-refractivity contribution in [2.24, 2.45) is 0 Å². The molecule has 2 rings (SSSR count). The number of thiophene rings is 1. The van der Waals surface area contributed by atoms with Crippen molar-refractivity contribution >= 4 is 33.2 Å². The van der Waals surface area contributed by atoms with Crippen molar-refractivity contribution in [2.75, 3.05) is 6.54 Å². The number of carbonyl (C=O) groups is 1. The summed E-state index contributed by atoms with van der Waals surface area (Å²) in [6.07, 6.45) is 0.382. The highest BCUT2D eigenvalue weighted by atomic mass is 79.9. The van der Waals surface area contributed by atoms with Gasteiger partial charge in [0.2, 0.25) is 0 Å². The van der Waals surface area contributed by atoms with Crippen LogP contribution in [-0.2, 0) is 6.42 Å². The number of hydrogen-bond acceptors (Lipinski definition) is 2. The second kappa shape index (κ2) is 6.25. The summed E-state index contributed by atoms with van der Waals surface area (Å²) in [7, 11) is 0. The molecule has 0 saturated carbocycles. The van der Waals surface area contributed by atoms with Gasteiger partial charge in [0, 0.05) is 12.6 Å². The molecule has 1 aromatic heterocycles. The van der Waals surface area contributed by atoms with Crippen LogP contribution in [-0.4, -0.2) is 12.5 Å². The smallest absolute Gasteiger partial charge is 0.261 e. The Kier molecular flexibility index (Phi) is 4.66. The second-order valence-electron chi connectivity index (χ2n) is 3.89. The first-order valence-electron chi connectivity index (χ1n) is 5.53. The molecule has 0 aliphatic carbocycles. The Morgan fingerprint density at radius 3 is 2.47 bits per heavy atom. The van der Waals surface area contributed by atoms with Gasteiger partial charge in [0.25, 0.3) is 5.91 Å². The first-order chi connectivity index (χ1) is 9.04. The highest BCUT2D eigenvalue weighted by Crippen LogP contribution is 2.21. The number of amides is 1. The Morgan fingerprint density at radius 2 is 1.89 bits per heavy atom. The Hall–Kier alpha value is -1.27. The largest absolute Gasteiger partial charge is 0.351 e. The predicted octanol–water partition coefficient (Wildman–Crippen LogP) is 3.76. The van der Waals surface area contributed by atoms with E-state index in [9.17, 15) is 13.6 Å². The van der Waals surface area contributed by atoms with Gasteiger partial charge in [-0.2, -0.15) is 0 Å². The summed E-state index contributed by atoms with van der Waals surface area (Å²) in [5.41, 5.74) is 0.519. The van der Waals surface area contributed by atoms with E-state index in [-0.39, 0.29) is 5.91 Å². The van der Waals surface area contributed by atoms with Crippen LogP contribution in [0.1, 0.15) is 15.2 Å². The van der Waals surface area contributed by atoms with Crippen molar-refractivity contribution in [3.05, 3.63) is 56.2 Å². The molecule has 0 fully saturated rings. The van der Waals surface area contributed by atoms with Crippen molar-refractivity contribution in [2.45, 2.75) is 6.42 Å². The fourth-order valence-corrected chi connectivity index (χ4v) is 2.90. The number of halogens is 3. The molecule has 1 N–H and O–H groups in total. The zero-order valence-corrected chi connectivity index (χ0v) is 12.2. The normalized spacial score (nSPS) is 10.5. The zero-order valence-electron chi connectivity index (χ0n) is 9.75. The Balaban J connectivity index is 1.88. The first-order valence-corrected chi connectivity index (χ1v) is 7.14. The quantitative estimate of drug-likeness (QED) is 0.897. The van der Waals surface area contributed by atoms with Gasteiger partial charge in [0.05, 0.1) is 8.66 Å². The van der Waals surface area contributed by atoms with E-state index in [1.165, 1.54) is 23.5 Å². The van der Waals surface area contributed by atoms with Crippen molar-refractivity contribution < 1.29 is 13.6 Å². The van der Waals surface area contributed by atoms with Gasteiger partial charge in [0.15, 0.2) is 0 Å². The van der Waals surface area contributed by atoms with Crippen molar-refractivity contribution in [3.63, 3.8) is 0 Å². The fraction of sp³-hybridized carbons (Fsp3) is 0.154. The minimum absolute atomic E-state index is 0.187. The minimum atomic E-state index is -0.608. The third kappa shape index (κ3) is 4.11. The van der Waals surface area contributed by atoms with E-state index in [4.69, 9.17) is 0 Å². The molecule has 0 aliphatic rings. The van der Waals surface area contributed by atoms with Crippen LogP contribution >= 0.6 is 27.3 Å². The summed E-state index contributed by atoms with van der Waals surface area (Å²) in [4.78, 5) is 12.3. The van der Waals surface area contributed by atoms with Gasteiger partial charge in [-0.1, -0.05) is 0 Å². The number of carbonyl (C=O) groups excluding carboxylic acids is 1. The van der Waals surface area contributed by atoms with Gasteiger partial charge >= 0.3 is 0 Å². The lowest BCUT2D eigenvalue weighted by molar-refractivity contribution is 0.0958. The summed E-state index contributed by atoms with van der Waals surface area (Å²) >= 11 is 4.61. The second-order valence-corrected chi connectivity index (χ2v) is 6.35. The summed E-state index contributed by atoms with van der Waals surface area (Å²) in [5, 5.41) is 2.71. The Bertz CT molecular complexity index is 580. The van der Waals surface area contributed by atoms with Gasteiger partial charge in [-0.25, -0.2) is 8.78 Å². The maximum atomic E-state index is 13.0. The van der Waals surface area contributed by atoms with Crippen LogP contribution in [0.2, 0.25) is 0 Å². The summed E-state index contributed by atoms with van der Waals surface area (Å²) in [5.74, 6) is -1.40. The molecule has 0 radical (unpaired) electrons. The zero-order chi connectivity index (χ0) is 13.8.